The Bertz CT molecular complexity index is 678. The predicted octanol–water partition coefficient (Wildman–Crippen LogP) is 4.61. The smallest absolute Gasteiger partial charge is 0.227 e. The third-order valence-corrected chi connectivity index (χ3v) is 5.82. The number of benzene rings is 1. The number of nitrogens with one attached hydrogen (secondary N) is 3. The molecule has 3 N–H and O–H groups in total. The van der Waals surface area contributed by atoms with Crippen LogP contribution < -0.4 is 16.0 Å². The molecule has 1 saturated carbocycles. The minimum absolute atomic E-state index is 0. The highest BCUT2D eigenvalue weighted by molar-refractivity contribution is 14.0. The first-order chi connectivity index (χ1) is 14.4. The molecule has 1 fully saturated rings. The maximum absolute atomic E-state index is 12.4. The summed E-state index contributed by atoms with van der Waals surface area (Å²) in [6.07, 6.45) is 5.43. The zero-order valence-electron chi connectivity index (χ0n) is 19.9. The van der Waals surface area contributed by atoms with Gasteiger partial charge in [-0.3, -0.25) is 14.7 Å². The SMILES string of the molecule is CN=C(NCCCN(C(C)C)C(C)C)NCc1cccc(NC(=O)C2CCCC2)c1.I. The first-order valence-electron chi connectivity index (χ1n) is 11.5. The van der Waals surface area contributed by atoms with Crippen molar-refractivity contribution in [3.05, 3.63) is 29.8 Å². The quantitative estimate of drug-likeness (QED) is 0.175. The van der Waals surface area contributed by atoms with Crippen LogP contribution in [0.1, 0.15) is 65.4 Å². The van der Waals surface area contributed by atoms with Crippen molar-refractivity contribution in [1.82, 2.24) is 15.5 Å². The summed E-state index contributed by atoms with van der Waals surface area (Å²) in [6.45, 7) is 11.6. The third-order valence-electron chi connectivity index (χ3n) is 5.82. The number of anilines is 1. The Morgan fingerprint density at radius 1 is 1.13 bits per heavy atom. The van der Waals surface area contributed by atoms with E-state index in [4.69, 9.17) is 0 Å². The van der Waals surface area contributed by atoms with Gasteiger partial charge in [-0.05, 0) is 64.7 Å². The molecule has 0 aromatic heterocycles. The summed E-state index contributed by atoms with van der Waals surface area (Å²) >= 11 is 0. The lowest BCUT2D eigenvalue weighted by Gasteiger charge is -2.30. The summed E-state index contributed by atoms with van der Waals surface area (Å²) in [4.78, 5) is 19.2. The van der Waals surface area contributed by atoms with Gasteiger partial charge in [0, 0.05) is 50.4 Å². The normalized spacial score (nSPS) is 14.8. The van der Waals surface area contributed by atoms with Crippen LogP contribution in [0.15, 0.2) is 29.3 Å². The number of carbonyl (C=O) groups is 1. The average molecular weight is 544 g/mol. The van der Waals surface area contributed by atoms with Crippen LogP contribution in [0.3, 0.4) is 0 Å². The van der Waals surface area contributed by atoms with E-state index < -0.39 is 0 Å². The van der Waals surface area contributed by atoms with E-state index in [0.717, 1.165) is 49.6 Å². The Morgan fingerprint density at radius 3 is 2.42 bits per heavy atom. The van der Waals surface area contributed by atoms with E-state index in [1.807, 2.05) is 18.2 Å². The topological polar surface area (TPSA) is 68.8 Å². The summed E-state index contributed by atoms with van der Waals surface area (Å²) in [7, 11) is 1.79. The van der Waals surface area contributed by atoms with Gasteiger partial charge in [-0.15, -0.1) is 24.0 Å². The van der Waals surface area contributed by atoms with Crippen LogP contribution in [0, 0.1) is 5.92 Å². The molecule has 0 bridgehead atoms. The van der Waals surface area contributed by atoms with Gasteiger partial charge in [0.05, 0.1) is 0 Å². The molecule has 2 rings (SSSR count). The fourth-order valence-electron chi connectivity index (χ4n) is 4.18. The lowest BCUT2D eigenvalue weighted by molar-refractivity contribution is -0.119. The summed E-state index contributed by atoms with van der Waals surface area (Å²) in [5.74, 6) is 1.14. The molecule has 0 spiro atoms. The Kier molecular flexibility index (Phi) is 13.1. The Morgan fingerprint density at radius 2 is 1.81 bits per heavy atom. The molecule has 176 valence electrons. The first kappa shape index (κ1) is 27.7. The van der Waals surface area contributed by atoms with Crippen LogP contribution in [0.2, 0.25) is 0 Å². The molecule has 1 aliphatic rings. The van der Waals surface area contributed by atoms with Crippen LogP contribution in [-0.4, -0.2) is 49.0 Å². The highest BCUT2D eigenvalue weighted by atomic mass is 127. The van der Waals surface area contributed by atoms with Crippen LogP contribution in [0.4, 0.5) is 5.69 Å². The maximum atomic E-state index is 12.4. The summed E-state index contributed by atoms with van der Waals surface area (Å²) in [6, 6.07) is 9.17. The number of aliphatic imine (C=N–C) groups is 1. The van der Waals surface area contributed by atoms with Crippen LogP contribution >= 0.6 is 24.0 Å². The number of rotatable bonds is 10. The average Bonchev–Trinajstić information content (AvgIpc) is 3.25. The Labute approximate surface area is 206 Å². The molecule has 6 nitrogen and oxygen atoms in total. The van der Waals surface area contributed by atoms with Crippen LogP contribution in [0.5, 0.6) is 0 Å². The van der Waals surface area contributed by atoms with E-state index in [9.17, 15) is 4.79 Å². The fraction of sp³-hybridized carbons (Fsp3) is 0.667. The monoisotopic (exact) mass is 543 g/mol. The zero-order chi connectivity index (χ0) is 21.9. The van der Waals surface area contributed by atoms with E-state index in [2.05, 4.69) is 59.6 Å². The third kappa shape index (κ3) is 9.76. The minimum atomic E-state index is 0. The number of amides is 1. The van der Waals surface area contributed by atoms with Crippen molar-refractivity contribution in [3.8, 4) is 0 Å². The Hall–Kier alpha value is -1.35. The van der Waals surface area contributed by atoms with Gasteiger partial charge in [0.2, 0.25) is 5.91 Å². The van der Waals surface area contributed by atoms with Crippen molar-refractivity contribution in [1.29, 1.82) is 0 Å². The van der Waals surface area contributed by atoms with Gasteiger partial charge >= 0.3 is 0 Å². The molecule has 0 atom stereocenters. The molecule has 7 heteroatoms. The summed E-state index contributed by atoms with van der Waals surface area (Å²) in [5, 5.41) is 9.85. The molecule has 0 radical (unpaired) electrons. The van der Waals surface area contributed by atoms with Gasteiger partial charge in [-0.25, -0.2) is 0 Å². The standard InChI is InChI=1S/C24H41N5O.HI/c1-18(2)29(19(3)4)15-9-14-26-24(25-5)27-17-20-10-8-13-22(16-20)28-23(30)21-11-6-7-12-21;/h8,10,13,16,18-19,21H,6-7,9,11-12,14-15,17H2,1-5H3,(H,28,30)(H2,25,26,27);1H. The molecular formula is C24H42IN5O. The number of halogens is 1. The maximum Gasteiger partial charge on any atom is 0.227 e. The first-order valence-corrected chi connectivity index (χ1v) is 11.5. The van der Waals surface area contributed by atoms with E-state index >= 15 is 0 Å². The van der Waals surface area contributed by atoms with Gasteiger partial charge in [-0.1, -0.05) is 25.0 Å². The highest BCUT2D eigenvalue weighted by Gasteiger charge is 2.22. The molecular weight excluding hydrogens is 501 g/mol. The van der Waals surface area contributed by atoms with E-state index in [0.29, 0.717) is 18.6 Å². The van der Waals surface area contributed by atoms with E-state index in [-0.39, 0.29) is 35.8 Å². The second kappa shape index (κ2) is 14.7. The molecule has 1 aromatic rings. The molecule has 0 saturated heterocycles. The number of carbonyl (C=O) groups excluding carboxylic acids is 1. The van der Waals surface area contributed by atoms with Crippen molar-refractivity contribution in [2.45, 2.75) is 78.4 Å². The lowest BCUT2D eigenvalue weighted by atomic mass is 10.1. The number of nitrogens with zero attached hydrogens (tertiary/aromatic N) is 2. The van der Waals surface area contributed by atoms with E-state index in [1.54, 1.807) is 7.05 Å². The molecule has 0 aliphatic heterocycles. The van der Waals surface area contributed by atoms with Gasteiger partial charge < -0.3 is 16.0 Å². The van der Waals surface area contributed by atoms with Gasteiger partial charge in [-0.2, -0.15) is 0 Å². The Balaban J connectivity index is 0.00000480. The highest BCUT2D eigenvalue weighted by Crippen LogP contribution is 2.26. The molecule has 0 unspecified atom stereocenters. The van der Waals surface area contributed by atoms with Gasteiger partial charge in [0.1, 0.15) is 0 Å². The van der Waals surface area contributed by atoms with Crippen LogP contribution in [-0.2, 0) is 11.3 Å². The zero-order valence-corrected chi connectivity index (χ0v) is 22.2. The summed E-state index contributed by atoms with van der Waals surface area (Å²) < 4.78 is 0. The van der Waals surface area contributed by atoms with Crippen molar-refractivity contribution in [3.63, 3.8) is 0 Å². The second-order valence-corrected chi connectivity index (χ2v) is 8.80. The molecule has 1 aliphatic carbocycles. The number of hydrogen-bond acceptors (Lipinski definition) is 3. The number of guanidine groups is 1. The van der Waals surface area contributed by atoms with Gasteiger partial charge in [0.15, 0.2) is 5.96 Å². The van der Waals surface area contributed by atoms with Crippen molar-refractivity contribution < 1.29 is 4.79 Å². The molecule has 1 aromatic carbocycles. The largest absolute Gasteiger partial charge is 0.356 e. The van der Waals surface area contributed by atoms with Crippen molar-refractivity contribution in [2.75, 3.05) is 25.5 Å². The van der Waals surface area contributed by atoms with Crippen LogP contribution in [0.25, 0.3) is 0 Å². The second-order valence-electron chi connectivity index (χ2n) is 8.80. The predicted molar refractivity (Wildman–Crippen MR) is 142 cm³/mol. The molecule has 31 heavy (non-hydrogen) atoms. The fourth-order valence-corrected chi connectivity index (χ4v) is 4.18. The van der Waals surface area contributed by atoms with Crippen molar-refractivity contribution in [2.24, 2.45) is 10.9 Å². The number of hydrogen-bond donors (Lipinski definition) is 3. The van der Waals surface area contributed by atoms with Gasteiger partial charge in [0.25, 0.3) is 0 Å². The minimum Gasteiger partial charge on any atom is -0.356 e. The molecule has 0 heterocycles. The lowest BCUT2D eigenvalue weighted by Crippen LogP contribution is -2.41. The van der Waals surface area contributed by atoms with Crippen molar-refractivity contribution >= 4 is 41.5 Å². The molecule has 1 amide bonds. The summed E-state index contributed by atoms with van der Waals surface area (Å²) in [5.41, 5.74) is 1.99. The van der Waals surface area contributed by atoms with E-state index in [1.165, 1.54) is 12.8 Å².